The largest absolute Gasteiger partial charge is 0.265 e. The maximum Gasteiger partial charge on any atom is 0.0637 e. The minimum atomic E-state index is 0.912. The van der Waals surface area contributed by atoms with Crippen LogP contribution < -0.4 is 0 Å². The number of nitrogens with zero attached hydrogens (tertiary/aromatic N) is 1. The van der Waals surface area contributed by atoms with E-state index in [1.54, 1.807) is 12.4 Å². The van der Waals surface area contributed by atoms with E-state index in [1.807, 2.05) is 12.1 Å². The second-order valence-corrected chi connectivity index (χ2v) is 1.54. The Morgan fingerprint density at radius 2 is 2.00 bits per heavy atom. The van der Waals surface area contributed by atoms with Crippen LogP contribution in [0.1, 0.15) is 5.56 Å². The standard InChI is InChI=1S/C6H4NS/c8-5-6-1-3-7-4-2-6/h1-4H. The molecule has 0 aliphatic carbocycles. The van der Waals surface area contributed by atoms with Crippen LogP contribution in [0, 0.1) is 0 Å². The second kappa shape index (κ2) is 2.52. The van der Waals surface area contributed by atoms with Gasteiger partial charge >= 0.3 is 0 Å². The Bertz CT molecular complexity index is 171. The summed E-state index contributed by atoms with van der Waals surface area (Å²) >= 11 is 4.54. The van der Waals surface area contributed by atoms with E-state index >= 15 is 0 Å². The van der Waals surface area contributed by atoms with Crippen molar-refractivity contribution >= 4 is 17.6 Å². The average Bonchev–Trinajstić information content (AvgIpc) is 1.90. The van der Waals surface area contributed by atoms with Gasteiger partial charge in [0, 0.05) is 12.4 Å². The highest BCUT2D eigenvalue weighted by molar-refractivity contribution is 7.79. The lowest BCUT2D eigenvalue weighted by atomic mass is 10.3. The van der Waals surface area contributed by atoms with Crippen molar-refractivity contribution in [1.29, 1.82) is 0 Å². The minimum absolute atomic E-state index is 0.912. The van der Waals surface area contributed by atoms with E-state index in [1.165, 1.54) is 0 Å². The van der Waals surface area contributed by atoms with E-state index < -0.39 is 0 Å². The quantitative estimate of drug-likeness (QED) is 0.521. The zero-order valence-corrected chi connectivity index (χ0v) is 4.98. The number of hydrogen-bond acceptors (Lipinski definition) is 2. The van der Waals surface area contributed by atoms with Gasteiger partial charge in [-0.3, -0.25) is 4.98 Å². The monoisotopic (exact) mass is 122 g/mol. The summed E-state index contributed by atoms with van der Waals surface area (Å²) < 4.78 is 0. The number of pyridine rings is 1. The normalized spacial score (nSPS) is 8.50. The van der Waals surface area contributed by atoms with Gasteiger partial charge in [0.25, 0.3) is 0 Å². The fourth-order valence-corrected chi connectivity index (χ4v) is 0.556. The Balaban J connectivity index is 2.99. The molecule has 1 nitrogen and oxygen atoms in total. The first-order valence-corrected chi connectivity index (χ1v) is 2.62. The van der Waals surface area contributed by atoms with Crippen molar-refractivity contribution in [3.05, 3.63) is 30.1 Å². The third-order valence-corrected chi connectivity index (χ3v) is 1.03. The molecule has 1 heterocycles. The molecule has 1 rings (SSSR count). The maximum absolute atomic E-state index is 4.54. The van der Waals surface area contributed by atoms with E-state index in [9.17, 15) is 0 Å². The molecule has 1 aromatic rings. The third-order valence-electron chi connectivity index (χ3n) is 0.798. The van der Waals surface area contributed by atoms with Gasteiger partial charge in [0.1, 0.15) is 0 Å². The predicted octanol–water partition coefficient (Wildman–Crippen LogP) is 1.31. The van der Waals surface area contributed by atoms with Crippen LogP contribution in [0.3, 0.4) is 0 Å². The molecule has 0 atom stereocenters. The van der Waals surface area contributed by atoms with Crippen molar-refractivity contribution in [2.24, 2.45) is 0 Å². The van der Waals surface area contributed by atoms with Gasteiger partial charge in [0.15, 0.2) is 0 Å². The number of hydrogen-bond donors (Lipinski definition) is 0. The molecule has 0 aromatic carbocycles. The van der Waals surface area contributed by atoms with Gasteiger partial charge in [-0.1, -0.05) is 12.2 Å². The van der Waals surface area contributed by atoms with E-state index in [0.717, 1.165) is 5.56 Å². The Kier molecular flexibility index (Phi) is 1.70. The van der Waals surface area contributed by atoms with E-state index in [4.69, 9.17) is 0 Å². The summed E-state index contributed by atoms with van der Waals surface area (Å²) in [4.78, 5) is 3.81. The zero-order valence-electron chi connectivity index (χ0n) is 4.16. The molecule has 0 amide bonds. The van der Waals surface area contributed by atoms with Crippen molar-refractivity contribution in [3.63, 3.8) is 0 Å². The first-order valence-electron chi connectivity index (χ1n) is 2.21. The van der Waals surface area contributed by atoms with Crippen molar-refractivity contribution in [2.45, 2.75) is 0 Å². The summed E-state index contributed by atoms with van der Waals surface area (Å²) in [5.41, 5.74) is 0.912. The zero-order chi connectivity index (χ0) is 5.82. The van der Waals surface area contributed by atoms with Gasteiger partial charge < -0.3 is 0 Å². The lowest BCUT2D eigenvalue weighted by Gasteiger charge is -1.82. The first kappa shape index (κ1) is 5.38. The molecule has 0 N–H and O–H groups in total. The third kappa shape index (κ3) is 1.10. The first-order chi connectivity index (χ1) is 3.93. The molecule has 1 radical (unpaired) electrons. The summed E-state index contributed by atoms with van der Waals surface area (Å²) in [6.07, 6.45) is 3.38. The summed E-state index contributed by atoms with van der Waals surface area (Å²) in [5.74, 6) is 0. The van der Waals surface area contributed by atoms with Gasteiger partial charge in [-0.15, -0.1) is 0 Å². The highest BCUT2D eigenvalue weighted by Gasteiger charge is 1.79. The topological polar surface area (TPSA) is 12.9 Å². The van der Waals surface area contributed by atoms with Crippen molar-refractivity contribution < 1.29 is 0 Å². The molecule has 0 saturated heterocycles. The summed E-state index contributed by atoms with van der Waals surface area (Å²) in [5, 5.41) is 2.57. The van der Waals surface area contributed by atoms with Gasteiger partial charge in [0.05, 0.1) is 5.37 Å². The Morgan fingerprint density at radius 3 is 2.38 bits per heavy atom. The molecule has 0 bridgehead atoms. The van der Waals surface area contributed by atoms with E-state index in [0.29, 0.717) is 0 Å². The molecule has 0 aliphatic heterocycles. The Hall–Kier alpha value is -0.760. The average molecular weight is 122 g/mol. The van der Waals surface area contributed by atoms with Gasteiger partial charge in [-0.25, -0.2) is 0 Å². The smallest absolute Gasteiger partial charge is 0.0637 e. The molecule has 1 aromatic heterocycles. The molecule has 0 spiro atoms. The fourth-order valence-electron chi connectivity index (χ4n) is 0.420. The molecule has 2 heteroatoms. The van der Waals surface area contributed by atoms with Gasteiger partial charge in [0.2, 0.25) is 0 Å². The Labute approximate surface area is 53.4 Å². The minimum Gasteiger partial charge on any atom is -0.265 e. The molecular weight excluding hydrogens is 118 g/mol. The van der Waals surface area contributed by atoms with E-state index in [-0.39, 0.29) is 0 Å². The van der Waals surface area contributed by atoms with Gasteiger partial charge in [-0.05, 0) is 17.7 Å². The highest BCUT2D eigenvalue weighted by Crippen LogP contribution is 1.89. The van der Waals surface area contributed by atoms with Crippen LogP contribution >= 0.6 is 12.2 Å². The molecule has 39 valence electrons. The molecule has 0 aliphatic rings. The van der Waals surface area contributed by atoms with Crippen LogP contribution in [0.15, 0.2) is 24.5 Å². The van der Waals surface area contributed by atoms with Crippen molar-refractivity contribution in [3.8, 4) is 0 Å². The number of thiocarbonyl (C=S) groups is 1. The predicted molar refractivity (Wildman–Crippen MR) is 35.9 cm³/mol. The van der Waals surface area contributed by atoms with Crippen LogP contribution in [0.5, 0.6) is 0 Å². The number of aromatic nitrogens is 1. The SMILES string of the molecule is S=[C]c1ccncc1. The van der Waals surface area contributed by atoms with Crippen LogP contribution in [-0.4, -0.2) is 10.4 Å². The van der Waals surface area contributed by atoms with Gasteiger partial charge in [-0.2, -0.15) is 0 Å². The summed E-state index contributed by atoms with van der Waals surface area (Å²) in [7, 11) is 0. The molecule has 0 fully saturated rings. The summed E-state index contributed by atoms with van der Waals surface area (Å²) in [6.45, 7) is 0. The fraction of sp³-hybridized carbons (Fsp3) is 0. The number of rotatable bonds is 1. The molecule has 0 saturated carbocycles. The molecule has 0 unspecified atom stereocenters. The molecular formula is C6H4NS. The van der Waals surface area contributed by atoms with Crippen LogP contribution in [-0.2, 0) is 0 Å². The maximum atomic E-state index is 4.54. The lowest BCUT2D eigenvalue weighted by molar-refractivity contribution is 1.33. The van der Waals surface area contributed by atoms with Crippen molar-refractivity contribution in [1.82, 2.24) is 4.98 Å². The van der Waals surface area contributed by atoms with Crippen LogP contribution in [0.4, 0.5) is 0 Å². The lowest BCUT2D eigenvalue weighted by Crippen LogP contribution is -1.75. The van der Waals surface area contributed by atoms with Crippen LogP contribution in [0.2, 0.25) is 0 Å². The Morgan fingerprint density at radius 1 is 1.38 bits per heavy atom. The second-order valence-electron chi connectivity index (χ2n) is 1.34. The van der Waals surface area contributed by atoms with Crippen LogP contribution in [0.25, 0.3) is 0 Å². The molecule has 8 heavy (non-hydrogen) atoms. The highest BCUT2D eigenvalue weighted by atomic mass is 32.1. The van der Waals surface area contributed by atoms with E-state index in [2.05, 4.69) is 22.6 Å². The summed E-state index contributed by atoms with van der Waals surface area (Å²) in [6, 6.07) is 3.62. The van der Waals surface area contributed by atoms with Crippen molar-refractivity contribution in [2.75, 3.05) is 0 Å².